The van der Waals surface area contributed by atoms with Crippen LogP contribution in [-0.4, -0.2) is 5.11 Å². The number of aliphatic hydroxyl groups excluding tert-OH is 1. The summed E-state index contributed by atoms with van der Waals surface area (Å²) in [6.45, 7) is 0. The Bertz CT molecular complexity index is 616. The second kappa shape index (κ2) is 5.83. The Labute approximate surface area is 115 Å². The Morgan fingerprint density at radius 3 is 2.68 bits per heavy atom. The van der Waals surface area contributed by atoms with Gasteiger partial charge in [0.2, 0.25) is 0 Å². The van der Waals surface area contributed by atoms with Gasteiger partial charge in [0.1, 0.15) is 5.82 Å². The molecule has 0 aliphatic rings. The van der Waals surface area contributed by atoms with Crippen molar-refractivity contribution in [3.05, 3.63) is 70.0 Å². The van der Waals surface area contributed by atoms with Gasteiger partial charge in [-0.2, -0.15) is 5.26 Å². The number of halogens is 2. The molecule has 19 heavy (non-hydrogen) atoms. The minimum atomic E-state index is -0.900. The summed E-state index contributed by atoms with van der Waals surface area (Å²) >= 11 is 5.92. The van der Waals surface area contributed by atoms with Crippen LogP contribution in [0.25, 0.3) is 0 Å². The van der Waals surface area contributed by atoms with Crippen molar-refractivity contribution in [3.8, 4) is 6.07 Å². The van der Waals surface area contributed by atoms with Crippen LogP contribution in [0.1, 0.15) is 22.8 Å². The molecule has 0 heterocycles. The Morgan fingerprint density at radius 1 is 1.26 bits per heavy atom. The maximum atomic E-state index is 13.6. The van der Waals surface area contributed by atoms with Crippen LogP contribution < -0.4 is 0 Å². The average Bonchev–Trinajstić information content (AvgIpc) is 2.43. The van der Waals surface area contributed by atoms with E-state index in [2.05, 4.69) is 0 Å². The first kappa shape index (κ1) is 13.5. The summed E-state index contributed by atoms with van der Waals surface area (Å²) in [5, 5.41) is 19.2. The lowest BCUT2D eigenvalue weighted by atomic mass is 9.99. The molecule has 2 rings (SSSR count). The number of hydrogen-bond acceptors (Lipinski definition) is 2. The molecule has 0 bridgehead atoms. The molecule has 0 aliphatic carbocycles. The summed E-state index contributed by atoms with van der Waals surface area (Å²) in [6.07, 6.45) is -0.830. The Morgan fingerprint density at radius 2 is 2.00 bits per heavy atom. The molecule has 0 spiro atoms. The zero-order valence-electron chi connectivity index (χ0n) is 9.98. The molecule has 0 saturated carbocycles. The fourth-order valence-electron chi connectivity index (χ4n) is 1.85. The standard InChI is InChI=1S/C15H11ClFNO/c16-13-5-2-6-14(17)12(13)8-15(19)11-4-1-3-10(7-11)9-18/h1-7,15,19H,8H2. The number of rotatable bonds is 3. The quantitative estimate of drug-likeness (QED) is 0.930. The molecule has 2 aromatic carbocycles. The van der Waals surface area contributed by atoms with Crippen molar-refractivity contribution < 1.29 is 9.50 Å². The lowest BCUT2D eigenvalue weighted by molar-refractivity contribution is 0.177. The molecule has 0 amide bonds. The van der Waals surface area contributed by atoms with Crippen molar-refractivity contribution in [2.75, 3.05) is 0 Å². The minimum Gasteiger partial charge on any atom is -0.388 e. The van der Waals surface area contributed by atoms with Crippen molar-refractivity contribution in [2.24, 2.45) is 0 Å². The second-order valence-electron chi connectivity index (χ2n) is 4.16. The Hall–Kier alpha value is -1.89. The summed E-state index contributed by atoms with van der Waals surface area (Å²) in [5.74, 6) is -0.442. The fourth-order valence-corrected chi connectivity index (χ4v) is 2.09. The summed E-state index contributed by atoms with van der Waals surface area (Å²) in [4.78, 5) is 0. The molecule has 1 atom stereocenters. The van der Waals surface area contributed by atoms with Gasteiger partial charge < -0.3 is 5.11 Å². The number of benzene rings is 2. The highest BCUT2D eigenvalue weighted by atomic mass is 35.5. The zero-order chi connectivity index (χ0) is 13.8. The molecule has 0 fully saturated rings. The van der Waals surface area contributed by atoms with E-state index in [0.29, 0.717) is 11.1 Å². The van der Waals surface area contributed by atoms with E-state index in [9.17, 15) is 9.50 Å². The van der Waals surface area contributed by atoms with Gasteiger partial charge in [-0.1, -0.05) is 29.8 Å². The van der Waals surface area contributed by atoms with Crippen LogP contribution in [0.3, 0.4) is 0 Å². The predicted molar refractivity (Wildman–Crippen MR) is 71.2 cm³/mol. The van der Waals surface area contributed by atoms with Gasteiger partial charge >= 0.3 is 0 Å². The number of hydrogen-bond donors (Lipinski definition) is 1. The highest BCUT2D eigenvalue weighted by molar-refractivity contribution is 6.31. The summed E-state index contributed by atoms with van der Waals surface area (Å²) in [6, 6.07) is 13.0. The highest BCUT2D eigenvalue weighted by Gasteiger charge is 2.14. The minimum absolute atomic E-state index is 0.0698. The zero-order valence-corrected chi connectivity index (χ0v) is 10.7. The van der Waals surface area contributed by atoms with E-state index in [4.69, 9.17) is 16.9 Å². The fraction of sp³-hybridized carbons (Fsp3) is 0.133. The summed E-state index contributed by atoms with van der Waals surface area (Å²) in [7, 11) is 0. The molecule has 96 valence electrons. The third-order valence-corrected chi connectivity index (χ3v) is 3.21. The van der Waals surface area contributed by atoms with Gasteiger partial charge in [-0.15, -0.1) is 0 Å². The molecular weight excluding hydrogens is 265 g/mol. The van der Waals surface area contributed by atoms with E-state index in [1.165, 1.54) is 12.1 Å². The average molecular weight is 276 g/mol. The summed E-state index contributed by atoms with van der Waals surface area (Å²) in [5.41, 5.74) is 1.30. The van der Waals surface area contributed by atoms with Crippen LogP contribution in [0.4, 0.5) is 4.39 Å². The first-order valence-electron chi connectivity index (χ1n) is 5.73. The second-order valence-corrected chi connectivity index (χ2v) is 4.56. The van der Waals surface area contributed by atoms with Gasteiger partial charge in [0.25, 0.3) is 0 Å². The van der Waals surface area contributed by atoms with E-state index in [0.717, 1.165) is 0 Å². The van der Waals surface area contributed by atoms with Gasteiger partial charge in [-0.25, -0.2) is 4.39 Å². The predicted octanol–water partition coefficient (Wildman–Crippen LogP) is 3.63. The third-order valence-electron chi connectivity index (χ3n) is 2.86. The highest BCUT2D eigenvalue weighted by Crippen LogP contribution is 2.26. The Kier molecular flexibility index (Phi) is 4.16. The maximum Gasteiger partial charge on any atom is 0.127 e. The maximum absolute atomic E-state index is 13.6. The van der Waals surface area contributed by atoms with Crippen molar-refractivity contribution in [2.45, 2.75) is 12.5 Å². The van der Waals surface area contributed by atoms with Gasteiger partial charge in [-0.05, 0) is 29.8 Å². The van der Waals surface area contributed by atoms with Gasteiger partial charge in [0.15, 0.2) is 0 Å². The van der Waals surface area contributed by atoms with E-state index in [1.807, 2.05) is 6.07 Å². The topological polar surface area (TPSA) is 44.0 Å². The molecule has 2 nitrogen and oxygen atoms in total. The van der Waals surface area contributed by atoms with Crippen molar-refractivity contribution >= 4 is 11.6 Å². The SMILES string of the molecule is N#Cc1cccc(C(O)Cc2c(F)cccc2Cl)c1. The lowest BCUT2D eigenvalue weighted by Crippen LogP contribution is -2.04. The van der Waals surface area contributed by atoms with Crippen LogP contribution in [0.2, 0.25) is 5.02 Å². The van der Waals surface area contributed by atoms with Crippen molar-refractivity contribution in [1.29, 1.82) is 5.26 Å². The molecule has 4 heteroatoms. The molecule has 2 aromatic rings. The summed E-state index contributed by atoms with van der Waals surface area (Å²) < 4.78 is 13.6. The van der Waals surface area contributed by atoms with Crippen molar-refractivity contribution in [1.82, 2.24) is 0 Å². The first-order chi connectivity index (χ1) is 9.11. The smallest absolute Gasteiger partial charge is 0.127 e. The van der Waals surface area contributed by atoms with Crippen LogP contribution in [0.15, 0.2) is 42.5 Å². The van der Waals surface area contributed by atoms with Crippen LogP contribution in [0, 0.1) is 17.1 Å². The van der Waals surface area contributed by atoms with Gasteiger partial charge in [-0.3, -0.25) is 0 Å². The molecule has 1 unspecified atom stereocenters. The third kappa shape index (κ3) is 3.11. The Balaban J connectivity index is 2.26. The van der Waals surface area contributed by atoms with Crippen LogP contribution in [0.5, 0.6) is 0 Å². The molecule has 0 aromatic heterocycles. The van der Waals surface area contributed by atoms with Crippen LogP contribution >= 0.6 is 11.6 Å². The van der Waals surface area contributed by atoms with Crippen LogP contribution in [-0.2, 0) is 6.42 Å². The van der Waals surface area contributed by atoms with Crippen molar-refractivity contribution in [3.63, 3.8) is 0 Å². The number of nitrogens with zero attached hydrogens (tertiary/aromatic N) is 1. The number of aliphatic hydroxyl groups is 1. The van der Waals surface area contributed by atoms with E-state index in [1.54, 1.807) is 30.3 Å². The van der Waals surface area contributed by atoms with E-state index >= 15 is 0 Å². The lowest BCUT2D eigenvalue weighted by Gasteiger charge is -2.13. The van der Waals surface area contributed by atoms with Gasteiger partial charge in [0.05, 0.1) is 17.7 Å². The van der Waals surface area contributed by atoms with E-state index < -0.39 is 11.9 Å². The largest absolute Gasteiger partial charge is 0.388 e. The number of nitriles is 1. The molecular formula is C15H11ClFNO. The molecule has 0 saturated heterocycles. The molecule has 0 aliphatic heterocycles. The first-order valence-corrected chi connectivity index (χ1v) is 6.10. The normalized spacial score (nSPS) is 11.9. The van der Waals surface area contributed by atoms with Gasteiger partial charge in [0, 0.05) is 17.0 Å². The van der Waals surface area contributed by atoms with E-state index in [-0.39, 0.29) is 17.0 Å². The molecule has 1 N–H and O–H groups in total. The molecule has 0 radical (unpaired) electrons. The monoisotopic (exact) mass is 275 g/mol.